The molecule has 1 aliphatic rings. The second kappa shape index (κ2) is 6.92. The average Bonchev–Trinajstić information content (AvgIpc) is 2.84. The third-order valence-corrected chi connectivity index (χ3v) is 4.59. The summed E-state index contributed by atoms with van der Waals surface area (Å²) in [6, 6.07) is 7.21. The monoisotopic (exact) mass is 430 g/mol. The molecule has 0 aliphatic carbocycles. The van der Waals surface area contributed by atoms with Gasteiger partial charge in [-0.25, -0.2) is 4.90 Å². The highest BCUT2D eigenvalue weighted by atomic mass is 35.5. The fourth-order valence-corrected chi connectivity index (χ4v) is 3.11. The molecule has 0 bridgehead atoms. The number of carbonyl (C=O) groups is 2. The number of alkyl halides is 3. The first-order valence-electron chi connectivity index (χ1n) is 7.42. The first-order valence-corrected chi connectivity index (χ1v) is 8.18. The quantitative estimate of drug-likeness (QED) is 0.398. The lowest BCUT2D eigenvalue weighted by atomic mass is 10.1. The van der Waals surface area contributed by atoms with Gasteiger partial charge in [-0.2, -0.15) is 13.2 Å². The van der Waals surface area contributed by atoms with Crippen molar-refractivity contribution in [1.82, 2.24) is 0 Å². The van der Waals surface area contributed by atoms with Crippen molar-refractivity contribution in [2.75, 3.05) is 4.90 Å². The third kappa shape index (κ3) is 3.34. The zero-order valence-corrected chi connectivity index (χ0v) is 15.0. The van der Waals surface area contributed by atoms with Crippen LogP contribution in [0.3, 0.4) is 0 Å². The molecule has 3 rings (SSSR count). The molecule has 1 aliphatic heterocycles. The zero-order chi connectivity index (χ0) is 20.8. The van der Waals surface area contributed by atoms with E-state index in [1.54, 1.807) is 0 Å². The summed E-state index contributed by atoms with van der Waals surface area (Å²) in [4.78, 5) is 35.7. The second-order valence-corrected chi connectivity index (χ2v) is 6.39. The van der Waals surface area contributed by atoms with Gasteiger partial charge in [-0.3, -0.25) is 19.7 Å². The molecule has 0 N–H and O–H groups in total. The van der Waals surface area contributed by atoms with Gasteiger partial charge in [0.05, 0.1) is 26.8 Å². The Labute approximate surface area is 164 Å². The summed E-state index contributed by atoms with van der Waals surface area (Å²) in [6.45, 7) is 0. The van der Waals surface area contributed by atoms with Crippen molar-refractivity contribution >= 4 is 52.0 Å². The molecule has 2 aromatic rings. The van der Waals surface area contributed by atoms with Crippen LogP contribution in [-0.4, -0.2) is 16.7 Å². The van der Waals surface area contributed by atoms with E-state index < -0.39 is 38.5 Å². The maximum atomic E-state index is 13.1. The Hall–Kier alpha value is -2.91. The van der Waals surface area contributed by atoms with Gasteiger partial charge < -0.3 is 0 Å². The van der Waals surface area contributed by atoms with E-state index in [0.29, 0.717) is 11.0 Å². The highest BCUT2D eigenvalue weighted by Gasteiger charge is 2.41. The number of amides is 2. The van der Waals surface area contributed by atoms with Crippen LogP contribution in [0.5, 0.6) is 0 Å². The number of imide groups is 1. The smallest absolute Gasteiger partial charge is 0.268 e. The second-order valence-electron chi connectivity index (χ2n) is 5.60. The van der Waals surface area contributed by atoms with Gasteiger partial charge in [-0.15, -0.1) is 0 Å². The number of nitro benzene ring substituents is 1. The fourth-order valence-electron chi connectivity index (χ4n) is 2.61. The SMILES string of the molecule is O=C1C(Cl)=C(c2ccc([N+](=O)[O-])cc2)C(=O)N1c1ccc(Cl)c(C(F)(F)F)c1. The Kier molecular flexibility index (Phi) is 4.90. The van der Waals surface area contributed by atoms with Gasteiger partial charge in [0.25, 0.3) is 17.5 Å². The molecule has 0 fully saturated rings. The zero-order valence-electron chi connectivity index (χ0n) is 13.5. The summed E-state index contributed by atoms with van der Waals surface area (Å²) < 4.78 is 39.2. The maximum Gasteiger partial charge on any atom is 0.417 e. The van der Waals surface area contributed by atoms with Gasteiger partial charge in [-0.1, -0.05) is 23.2 Å². The number of halogens is 5. The van der Waals surface area contributed by atoms with Crippen LogP contribution >= 0.6 is 23.2 Å². The number of non-ortho nitro benzene ring substituents is 1. The van der Waals surface area contributed by atoms with E-state index >= 15 is 0 Å². The van der Waals surface area contributed by atoms with Crippen LogP contribution in [0.1, 0.15) is 11.1 Å². The summed E-state index contributed by atoms with van der Waals surface area (Å²) in [5.41, 5.74) is -1.98. The summed E-state index contributed by atoms with van der Waals surface area (Å²) in [5.74, 6) is -1.98. The van der Waals surface area contributed by atoms with Crippen LogP contribution in [0.15, 0.2) is 47.5 Å². The molecule has 11 heteroatoms. The Bertz CT molecular complexity index is 1050. The van der Waals surface area contributed by atoms with E-state index in [4.69, 9.17) is 23.2 Å². The Morgan fingerprint density at radius 1 is 0.964 bits per heavy atom. The predicted molar refractivity (Wildman–Crippen MR) is 94.8 cm³/mol. The fraction of sp³-hybridized carbons (Fsp3) is 0.0588. The van der Waals surface area contributed by atoms with Crippen LogP contribution < -0.4 is 4.90 Å². The van der Waals surface area contributed by atoms with Crippen LogP contribution in [0.25, 0.3) is 5.57 Å². The number of nitrogens with zero attached hydrogens (tertiary/aromatic N) is 2. The Morgan fingerprint density at radius 2 is 1.57 bits per heavy atom. The normalized spacial score (nSPS) is 14.8. The molecule has 0 aromatic heterocycles. The minimum Gasteiger partial charge on any atom is -0.268 e. The summed E-state index contributed by atoms with van der Waals surface area (Å²) in [7, 11) is 0. The highest BCUT2D eigenvalue weighted by Crippen LogP contribution is 2.40. The molecule has 6 nitrogen and oxygen atoms in total. The predicted octanol–water partition coefficient (Wildman–Crippen LogP) is 4.79. The van der Waals surface area contributed by atoms with Crippen LogP contribution in [-0.2, 0) is 15.8 Å². The van der Waals surface area contributed by atoms with Gasteiger partial charge in [0.1, 0.15) is 5.03 Å². The lowest BCUT2D eigenvalue weighted by Gasteiger charge is -2.17. The van der Waals surface area contributed by atoms with Gasteiger partial charge >= 0.3 is 6.18 Å². The van der Waals surface area contributed by atoms with Crippen LogP contribution in [0, 0.1) is 10.1 Å². The lowest BCUT2D eigenvalue weighted by Crippen LogP contribution is -2.31. The van der Waals surface area contributed by atoms with Gasteiger partial charge in [0, 0.05) is 12.1 Å². The largest absolute Gasteiger partial charge is 0.417 e. The van der Waals surface area contributed by atoms with Crippen molar-refractivity contribution in [3.05, 3.63) is 73.8 Å². The molecule has 0 saturated heterocycles. The average molecular weight is 431 g/mol. The van der Waals surface area contributed by atoms with Crippen molar-refractivity contribution in [1.29, 1.82) is 0 Å². The number of benzene rings is 2. The number of rotatable bonds is 3. The molecular formula is C17H7Cl2F3N2O4. The molecule has 0 radical (unpaired) electrons. The maximum absolute atomic E-state index is 13.1. The minimum atomic E-state index is -4.79. The molecule has 0 unspecified atom stereocenters. The molecule has 0 atom stereocenters. The molecule has 2 amide bonds. The van der Waals surface area contributed by atoms with E-state index in [0.717, 1.165) is 24.3 Å². The topological polar surface area (TPSA) is 80.5 Å². The van der Waals surface area contributed by atoms with Gasteiger partial charge in [0.15, 0.2) is 0 Å². The van der Waals surface area contributed by atoms with E-state index in [-0.39, 0.29) is 22.5 Å². The van der Waals surface area contributed by atoms with E-state index in [9.17, 15) is 32.9 Å². The summed E-state index contributed by atoms with van der Waals surface area (Å²) in [6.07, 6.45) is -4.79. The van der Waals surface area contributed by atoms with Crippen molar-refractivity contribution in [3.8, 4) is 0 Å². The number of hydrogen-bond acceptors (Lipinski definition) is 4. The van der Waals surface area contributed by atoms with Crippen LogP contribution in [0.4, 0.5) is 24.5 Å². The van der Waals surface area contributed by atoms with E-state index in [2.05, 4.69) is 0 Å². The molecule has 1 heterocycles. The van der Waals surface area contributed by atoms with Gasteiger partial charge in [0.2, 0.25) is 0 Å². The summed E-state index contributed by atoms with van der Waals surface area (Å²) in [5, 5.41) is 9.62. The van der Waals surface area contributed by atoms with Crippen molar-refractivity contribution in [2.24, 2.45) is 0 Å². The van der Waals surface area contributed by atoms with E-state index in [1.807, 2.05) is 0 Å². The molecular weight excluding hydrogens is 424 g/mol. The Balaban J connectivity index is 2.03. The first kappa shape index (κ1) is 19.8. The number of hydrogen-bond donors (Lipinski definition) is 0. The molecule has 2 aromatic carbocycles. The minimum absolute atomic E-state index is 0.112. The van der Waals surface area contributed by atoms with E-state index in [1.165, 1.54) is 12.1 Å². The summed E-state index contributed by atoms with van der Waals surface area (Å²) >= 11 is 11.5. The van der Waals surface area contributed by atoms with Gasteiger partial charge in [-0.05, 0) is 35.9 Å². The highest BCUT2D eigenvalue weighted by molar-refractivity contribution is 6.60. The number of nitro groups is 1. The standard InChI is InChI=1S/C17H7Cl2F3N2O4/c18-12-6-5-10(7-11(12)17(20,21)22)23-15(25)13(14(19)16(23)26)8-1-3-9(4-2-8)24(27)28/h1-7H. The van der Waals surface area contributed by atoms with Crippen molar-refractivity contribution in [2.45, 2.75) is 6.18 Å². The molecule has 0 saturated carbocycles. The van der Waals surface area contributed by atoms with Crippen LogP contribution in [0.2, 0.25) is 5.02 Å². The number of carbonyl (C=O) groups excluding carboxylic acids is 2. The van der Waals surface area contributed by atoms with Crippen molar-refractivity contribution < 1.29 is 27.7 Å². The molecule has 0 spiro atoms. The third-order valence-electron chi connectivity index (χ3n) is 3.91. The lowest BCUT2D eigenvalue weighted by molar-refractivity contribution is -0.384. The van der Waals surface area contributed by atoms with Crippen molar-refractivity contribution in [3.63, 3.8) is 0 Å². The first-order chi connectivity index (χ1) is 13.0. The molecule has 28 heavy (non-hydrogen) atoms. The Morgan fingerprint density at radius 3 is 2.11 bits per heavy atom. The number of anilines is 1. The molecule has 144 valence electrons.